The van der Waals surface area contributed by atoms with Crippen LogP contribution in [0.25, 0.3) is 0 Å². The van der Waals surface area contributed by atoms with Gasteiger partial charge in [-0.15, -0.1) is 0 Å². The van der Waals surface area contributed by atoms with Gasteiger partial charge in [0.15, 0.2) is 17.8 Å². The number of imide groups is 1. The lowest BCUT2D eigenvalue weighted by molar-refractivity contribution is -0.133. The maximum Gasteiger partial charge on any atom is 0.418 e. The lowest BCUT2D eigenvalue weighted by Crippen LogP contribution is -2.52. The number of nitrogens with one attached hydrogen (secondary N) is 2. The minimum absolute atomic E-state index is 0.0241. The Hall–Kier alpha value is -3.73. The molecule has 0 spiro atoms. The number of amides is 4. The van der Waals surface area contributed by atoms with Crippen LogP contribution in [0, 0.1) is 6.92 Å². The van der Waals surface area contributed by atoms with Crippen LogP contribution in [0.3, 0.4) is 0 Å². The van der Waals surface area contributed by atoms with Crippen molar-refractivity contribution in [3.05, 3.63) is 46.3 Å². The number of carbonyl (C=O) groups excluding carboxylic acids is 5. The molecule has 0 radical (unpaired) electrons. The molecule has 1 aromatic heterocycles. The van der Waals surface area contributed by atoms with E-state index in [9.17, 15) is 24.0 Å². The molecule has 228 valence electrons. The lowest BCUT2D eigenvalue weighted by atomic mass is 10.0. The molecule has 1 aliphatic rings. The molecule has 1 fully saturated rings. The molecular formula is C30H39ClN4O7. The molecule has 42 heavy (non-hydrogen) atoms. The van der Waals surface area contributed by atoms with Gasteiger partial charge in [-0.25, -0.2) is 9.69 Å². The lowest BCUT2D eigenvalue weighted by Gasteiger charge is -2.22. The Morgan fingerprint density at radius 3 is 2.24 bits per heavy atom. The summed E-state index contributed by atoms with van der Waals surface area (Å²) in [5, 5.41) is 9.05. The molecular weight excluding hydrogens is 564 g/mol. The van der Waals surface area contributed by atoms with Gasteiger partial charge in [-0.2, -0.15) is 0 Å². The summed E-state index contributed by atoms with van der Waals surface area (Å²) in [6.07, 6.45) is 10.8. The van der Waals surface area contributed by atoms with E-state index in [0.717, 1.165) is 19.3 Å². The van der Waals surface area contributed by atoms with E-state index < -0.39 is 35.8 Å². The third-order valence-corrected chi connectivity index (χ3v) is 7.43. The summed E-state index contributed by atoms with van der Waals surface area (Å²) >= 11 is 6.29. The van der Waals surface area contributed by atoms with Crippen LogP contribution in [0.15, 0.2) is 29.0 Å². The Morgan fingerprint density at radius 2 is 1.67 bits per heavy atom. The number of aromatic nitrogens is 1. The van der Waals surface area contributed by atoms with Crippen molar-refractivity contribution < 1.29 is 33.2 Å². The van der Waals surface area contributed by atoms with E-state index in [1.165, 1.54) is 83.3 Å². The minimum atomic E-state index is -1.94. The van der Waals surface area contributed by atoms with Crippen LogP contribution in [0.5, 0.6) is 0 Å². The van der Waals surface area contributed by atoms with Gasteiger partial charge >= 0.3 is 6.09 Å². The Morgan fingerprint density at radius 1 is 1.02 bits per heavy atom. The number of ether oxygens (including phenoxy) is 1. The molecule has 1 aromatic carbocycles. The van der Waals surface area contributed by atoms with Gasteiger partial charge in [0.05, 0.1) is 10.7 Å². The largest absolute Gasteiger partial charge is 0.436 e. The second-order valence-corrected chi connectivity index (χ2v) is 10.9. The van der Waals surface area contributed by atoms with E-state index in [1.54, 1.807) is 0 Å². The Labute approximate surface area is 250 Å². The zero-order valence-electron chi connectivity index (χ0n) is 24.4. The number of hydrogen-bond acceptors (Lipinski definition) is 8. The summed E-state index contributed by atoms with van der Waals surface area (Å²) in [5.41, 5.74) is 0.352. The second-order valence-electron chi connectivity index (χ2n) is 10.5. The van der Waals surface area contributed by atoms with Crippen LogP contribution in [0.4, 0.5) is 10.5 Å². The molecule has 0 bridgehead atoms. The zero-order valence-corrected chi connectivity index (χ0v) is 25.1. The molecule has 11 nitrogen and oxygen atoms in total. The summed E-state index contributed by atoms with van der Waals surface area (Å²) in [6, 6.07) is 2.37. The van der Waals surface area contributed by atoms with E-state index in [4.69, 9.17) is 20.9 Å². The molecule has 1 saturated heterocycles. The fraction of sp³-hybridized carbons (Fsp3) is 0.533. The number of Topliss-reactive ketones (excluding diaryl/α,β-unsaturated/α-hetero) is 1. The summed E-state index contributed by atoms with van der Waals surface area (Å²) < 4.78 is 9.72. The molecule has 0 aliphatic carbocycles. The average molecular weight is 603 g/mol. The highest BCUT2D eigenvalue weighted by Gasteiger charge is 2.49. The summed E-state index contributed by atoms with van der Waals surface area (Å²) in [5.74, 6) is -3.19. The number of hydrogen-bond donors (Lipinski definition) is 2. The van der Waals surface area contributed by atoms with Crippen molar-refractivity contribution in [2.24, 2.45) is 0 Å². The first-order valence-corrected chi connectivity index (χ1v) is 14.9. The fourth-order valence-electron chi connectivity index (χ4n) is 4.67. The van der Waals surface area contributed by atoms with Crippen molar-refractivity contribution in [1.29, 1.82) is 0 Å². The van der Waals surface area contributed by atoms with Crippen molar-refractivity contribution in [1.82, 2.24) is 15.4 Å². The molecule has 3 rings (SSSR count). The number of aryl methyl sites for hydroxylation is 1. The Bertz CT molecular complexity index is 1280. The number of nitrogens with zero attached hydrogens (tertiary/aromatic N) is 2. The van der Waals surface area contributed by atoms with E-state index in [-0.39, 0.29) is 27.9 Å². The van der Waals surface area contributed by atoms with Crippen LogP contribution in [-0.2, 0) is 14.3 Å². The van der Waals surface area contributed by atoms with Gasteiger partial charge in [0.1, 0.15) is 6.26 Å². The smallest absolute Gasteiger partial charge is 0.418 e. The van der Waals surface area contributed by atoms with Crippen LogP contribution >= 0.6 is 11.6 Å². The van der Waals surface area contributed by atoms with Crippen LogP contribution in [0.1, 0.15) is 104 Å². The van der Waals surface area contributed by atoms with Gasteiger partial charge in [0, 0.05) is 17.7 Å². The summed E-state index contributed by atoms with van der Waals surface area (Å²) in [4.78, 5) is 65.0. The van der Waals surface area contributed by atoms with E-state index in [0.29, 0.717) is 17.0 Å². The van der Waals surface area contributed by atoms with Gasteiger partial charge in [0.25, 0.3) is 17.7 Å². The number of anilines is 1. The predicted molar refractivity (Wildman–Crippen MR) is 156 cm³/mol. The summed E-state index contributed by atoms with van der Waals surface area (Å²) in [6.45, 7) is 5.57. The zero-order chi connectivity index (χ0) is 30.6. The molecule has 2 heterocycles. The maximum atomic E-state index is 13.4. The first-order chi connectivity index (χ1) is 20.1. The Kier molecular flexibility index (Phi) is 12.5. The van der Waals surface area contributed by atoms with Gasteiger partial charge in [-0.3, -0.25) is 19.2 Å². The van der Waals surface area contributed by atoms with Crippen molar-refractivity contribution in [3.8, 4) is 0 Å². The molecule has 0 saturated carbocycles. The van der Waals surface area contributed by atoms with Gasteiger partial charge in [-0.05, 0) is 38.5 Å². The SMILES string of the molecule is CCCCCCCCCCCCNC(=O)c1ccc(Cl)c(NC(=O)C(C(=O)c2nocc2C)N2C(=O)OC(C)C2=O)c1. The fourth-order valence-corrected chi connectivity index (χ4v) is 4.83. The Balaban J connectivity index is 1.60. The van der Waals surface area contributed by atoms with E-state index in [2.05, 4.69) is 22.7 Å². The first kappa shape index (κ1) is 32.8. The van der Waals surface area contributed by atoms with Crippen molar-refractivity contribution in [3.63, 3.8) is 0 Å². The standard InChI is InChI=1S/C30H39ClN4O7/c1-4-5-6-7-8-9-10-11-12-13-16-32-27(37)21-14-15-22(31)23(17-21)33-28(38)25(26(36)24-19(2)18-41-34-24)35-29(39)20(3)42-30(35)40/h14-15,17-18,20,25H,4-13,16H2,1-3H3,(H,32,37)(H,33,38). The van der Waals surface area contributed by atoms with Crippen molar-refractivity contribution >= 4 is 46.9 Å². The van der Waals surface area contributed by atoms with Gasteiger partial charge in [0.2, 0.25) is 5.78 Å². The molecule has 2 aromatic rings. The van der Waals surface area contributed by atoms with Gasteiger partial charge in [-0.1, -0.05) is 81.5 Å². The second kappa shape index (κ2) is 16.1. The number of unbranched alkanes of at least 4 members (excludes halogenated alkanes) is 9. The van der Waals surface area contributed by atoms with Crippen molar-refractivity contribution in [2.75, 3.05) is 11.9 Å². The van der Waals surface area contributed by atoms with Crippen molar-refractivity contribution in [2.45, 2.75) is 97.1 Å². The number of halogens is 1. The third-order valence-electron chi connectivity index (χ3n) is 7.10. The normalized spacial score (nSPS) is 15.4. The molecule has 2 N–H and O–H groups in total. The van der Waals surface area contributed by atoms with Gasteiger partial charge < -0.3 is 19.9 Å². The molecule has 2 atom stereocenters. The number of cyclic esters (lactones) is 1. The monoisotopic (exact) mass is 602 g/mol. The quantitative estimate of drug-likeness (QED) is 0.130. The van der Waals surface area contributed by atoms with Crippen LogP contribution in [0.2, 0.25) is 5.02 Å². The number of carbonyl (C=O) groups is 5. The molecule has 12 heteroatoms. The highest BCUT2D eigenvalue weighted by atomic mass is 35.5. The number of rotatable bonds is 17. The first-order valence-electron chi connectivity index (χ1n) is 14.5. The molecule has 2 unspecified atom stereocenters. The molecule has 1 aliphatic heterocycles. The topological polar surface area (TPSA) is 148 Å². The predicted octanol–water partition coefficient (Wildman–Crippen LogP) is 5.84. The van der Waals surface area contributed by atoms with Crippen LogP contribution < -0.4 is 10.6 Å². The highest BCUT2D eigenvalue weighted by molar-refractivity contribution is 6.34. The highest BCUT2D eigenvalue weighted by Crippen LogP contribution is 2.26. The van der Waals surface area contributed by atoms with E-state index in [1.807, 2.05) is 0 Å². The van der Waals surface area contributed by atoms with Crippen LogP contribution in [-0.4, -0.2) is 58.3 Å². The average Bonchev–Trinajstić information content (AvgIpc) is 3.50. The third kappa shape index (κ3) is 8.64. The minimum Gasteiger partial charge on any atom is -0.436 e. The number of ketones is 1. The number of benzene rings is 1. The molecule has 4 amide bonds. The summed E-state index contributed by atoms with van der Waals surface area (Å²) in [7, 11) is 0. The maximum absolute atomic E-state index is 13.4. The van der Waals surface area contributed by atoms with E-state index >= 15 is 0 Å².